The topological polar surface area (TPSA) is 30.0 Å². The number of carbonyl (C=O) groups excluding carboxylic acids is 1. The Morgan fingerprint density at radius 1 is 1.54 bits per heavy atom. The lowest BCUT2D eigenvalue weighted by Crippen LogP contribution is -1.98. The molecule has 0 bridgehead atoms. The van der Waals surface area contributed by atoms with Crippen molar-refractivity contribution in [2.45, 2.75) is 6.43 Å². The maximum atomic E-state index is 12.9. The lowest BCUT2D eigenvalue weighted by molar-refractivity contribution is 0.111. The number of aromatic nitrogens is 1. The zero-order valence-corrected chi connectivity index (χ0v) is 6.86. The molecule has 0 aliphatic heterocycles. The van der Waals surface area contributed by atoms with Crippen LogP contribution in [0.4, 0.5) is 13.2 Å². The monoisotopic (exact) mass is 209 g/mol. The molecular formula is C7H3ClF3NO. The zero-order chi connectivity index (χ0) is 10.0. The quantitative estimate of drug-likeness (QED) is 0.701. The Balaban J connectivity index is 3.31. The second-order valence-corrected chi connectivity index (χ2v) is 2.52. The third-order valence-electron chi connectivity index (χ3n) is 1.35. The lowest BCUT2D eigenvalue weighted by atomic mass is 10.2. The molecule has 0 fully saturated rings. The van der Waals surface area contributed by atoms with Gasteiger partial charge in [-0.25, -0.2) is 13.2 Å². The number of aldehydes is 1. The average molecular weight is 210 g/mol. The number of halogens is 4. The van der Waals surface area contributed by atoms with Crippen molar-refractivity contribution in [1.29, 1.82) is 0 Å². The lowest BCUT2D eigenvalue weighted by Gasteiger charge is -2.03. The van der Waals surface area contributed by atoms with Crippen molar-refractivity contribution in [3.63, 3.8) is 0 Å². The van der Waals surface area contributed by atoms with Crippen molar-refractivity contribution in [3.8, 4) is 0 Å². The van der Waals surface area contributed by atoms with E-state index in [-0.39, 0.29) is 6.29 Å². The third-order valence-corrected chi connectivity index (χ3v) is 1.71. The molecule has 1 aromatic rings. The van der Waals surface area contributed by atoms with Crippen LogP contribution >= 0.6 is 11.6 Å². The van der Waals surface area contributed by atoms with Gasteiger partial charge in [-0.2, -0.15) is 0 Å². The van der Waals surface area contributed by atoms with Crippen LogP contribution in [-0.4, -0.2) is 11.3 Å². The number of carbonyl (C=O) groups is 1. The van der Waals surface area contributed by atoms with E-state index in [2.05, 4.69) is 4.98 Å². The third kappa shape index (κ3) is 1.80. The van der Waals surface area contributed by atoms with E-state index in [1.165, 1.54) is 0 Å². The summed E-state index contributed by atoms with van der Waals surface area (Å²) in [4.78, 5) is 13.3. The number of alkyl halides is 2. The van der Waals surface area contributed by atoms with Gasteiger partial charge in [0.2, 0.25) is 0 Å². The van der Waals surface area contributed by atoms with Gasteiger partial charge in [-0.05, 0) is 0 Å². The minimum atomic E-state index is -2.96. The molecule has 0 aliphatic rings. The predicted molar refractivity (Wildman–Crippen MR) is 39.5 cm³/mol. The SMILES string of the molecule is O=Cc1cnc(C(F)F)c(Cl)c1F. The first-order chi connectivity index (χ1) is 6.07. The first kappa shape index (κ1) is 9.98. The first-order valence-corrected chi connectivity index (χ1v) is 3.53. The Kier molecular flexibility index (Phi) is 2.87. The summed E-state index contributed by atoms with van der Waals surface area (Å²) >= 11 is 5.20. The largest absolute Gasteiger partial charge is 0.298 e. The molecule has 0 N–H and O–H groups in total. The maximum Gasteiger partial charge on any atom is 0.281 e. The molecule has 1 rings (SSSR count). The van der Waals surface area contributed by atoms with Crippen LogP contribution in [0, 0.1) is 5.82 Å². The molecule has 6 heteroatoms. The van der Waals surface area contributed by atoms with E-state index >= 15 is 0 Å². The standard InChI is InChI=1S/C7H3ClF3NO/c8-4-5(9)3(2-13)1-12-6(4)7(10)11/h1-2,7H. The molecule has 0 spiro atoms. The molecule has 0 atom stereocenters. The van der Waals surface area contributed by atoms with E-state index in [0.717, 1.165) is 6.20 Å². The van der Waals surface area contributed by atoms with Gasteiger partial charge in [0.05, 0.1) is 5.56 Å². The molecule has 0 amide bonds. The number of nitrogens with zero attached hydrogens (tertiary/aromatic N) is 1. The average Bonchev–Trinajstić information content (AvgIpc) is 2.09. The zero-order valence-electron chi connectivity index (χ0n) is 6.10. The van der Waals surface area contributed by atoms with E-state index in [0.29, 0.717) is 0 Å². The smallest absolute Gasteiger partial charge is 0.281 e. The van der Waals surface area contributed by atoms with Gasteiger partial charge in [0.25, 0.3) is 6.43 Å². The normalized spacial score (nSPS) is 10.5. The number of hydrogen-bond acceptors (Lipinski definition) is 2. The van der Waals surface area contributed by atoms with Crippen LogP contribution in [0.1, 0.15) is 22.5 Å². The second-order valence-electron chi connectivity index (χ2n) is 2.15. The molecule has 2 nitrogen and oxygen atoms in total. The van der Waals surface area contributed by atoms with E-state index in [1.807, 2.05) is 0 Å². The van der Waals surface area contributed by atoms with Gasteiger partial charge < -0.3 is 0 Å². The van der Waals surface area contributed by atoms with Gasteiger partial charge in [0.15, 0.2) is 12.1 Å². The van der Waals surface area contributed by atoms with Crippen LogP contribution in [0.3, 0.4) is 0 Å². The molecule has 0 aliphatic carbocycles. The van der Waals surface area contributed by atoms with Crippen LogP contribution in [0.25, 0.3) is 0 Å². The molecule has 0 aromatic carbocycles. The van der Waals surface area contributed by atoms with E-state index in [1.54, 1.807) is 0 Å². The fourth-order valence-electron chi connectivity index (χ4n) is 0.726. The Hall–Kier alpha value is -1.10. The molecule has 0 radical (unpaired) electrons. The van der Waals surface area contributed by atoms with E-state index in [9.17, 15) is 18.0 Å². The summed E-state index contributed by atoms with van der Waals surface area (Å²) < 4.78 is 37.0. The number of pyridine rings is 1. The second kappa shape index (κ2) is 3.74. The fraction of sp³-hybridized carbons (Fsp3) is 0.143. The van der Waals surface area contributed by atoms with Crippen LogP contribution in [0.15, 0.2) is 6.20 Å². The molecule has 13 heavy (non-hydrogen) atoms. The van der Waals surface area contributed by atoms with Gasteiger partial charge in [-0.15, -0.1) is 0 Å². The predicted octanol–water partition coefficient (Wildman–Crippen LogP) is 2.62. The van der Waals surface area contributed by atoms with Crippen molar-refractivity contribution >= 4 is 17.9 Å². The molecule has 70 valence electrons. The highest BCUT2D eigenvalue weighted by molar-refractivity contribution is 6.31. The van der Waals surface area contributed by atoms with Crippen LogP contribution in [0.5, 0.6) is 0 Å². The van der Waals surface area contributed by atoms with Crippen LogP contribution < -0.4 is 0 Å². The first-order valence-electron chi connectivity index (χ1n) is 3.15. The van der Waals surface area contributed by atoms with Crippen molar-refractivity contribution < 1.29 is 18.0 Å². The van der Waals surface area contributed by atoms with Crippen molar-refractivity contribution in [3.05, 3.63) is 28.3 Å². The van der Waals surface area contributed by atoms with Gasteiger partial charge in [-0.3, -0.25) is 9.78 Å². The highest BCUT2D eigenvalue weighted by Gasteiger charge is 2.19. The molecule has 0 saturated heterocycles. The van der Waals surface area contributed by atoms with E-state index < -0.39 is 28.5 Å². The fourth-order valence-corrected chi connectivity index (χ4v) is 0.966. The van der Waals surface area contributed by atoms with Gasteiger partial charge >= 0.3 is 0 Å². The summed E-state index contributed by atoms with van der Waals surface area (Å²) in [5.74, 6) is -1.16. The van der Waals surface area contributed by atoms with Crippen molar-refractivity contribution in [2.24, 2.45) is 0 Å². The Labute approximate surface area is 76.3 Å². The van der Waals surface area contributed by atoms with Gasteiger partial charge in [0, 0.05) is 6.20 Å². The van der Waals surface area contributed by atoms with Gasteiger partial charge in [0.1, 0.15) is 10.7 Å². The highest BCUT2D eigenvalue weighted by atomic mass is 35.5. The molecule has 1 heterocycles. The minimum absolute atomic E-state index is 0.156. The number of hydrogen-bond donors (Lipinski definition) is 0. The Bertz CT molecular complexity index is 343. The summed E-state index contributed by atoms with van der Waals surface area (Å²) in [6.45, 7) is 0. The Morgan fingerprint density at radius 2 is 2.15 bits per heavy atom. The Morgan fingerprint density at radius 3 is 2.62 bits per heavy atom. The van der Waals surface area contributed by atoms with Crippen LogP contribution in [-0.2, 0) is 0 Å². The summed E-state index contributed by atoms with van der Waals surface area (Å²) in [5, 5.41) is -0.806. The highest BCUT2D eigenvalue weighted by Crippen LogP contribution is 2.27. The van der Waals surface area contributed by atoms with Crippen LogP contribution in [0.2, 0.25) is 5.02 Å². The summed E-state index contributed by atoms with van der Waals surface area (Å²) in [6.07, 6.45) is -2.08. The van der Waals surface area contributed by atoms with Gasteiger partial charge in [-0.1, -0.05) is 11.6 Å². The van der Waals surface area contributed by atoms with Crippen molar-refractivity contribution in [2.75, 3.05) is 0 Å². The summed E-state index contributed by atoms with van der Waals surface area (Å²) in [7, 11) is 0. The maximum absolute atomic E-state index is 12.9. The molecule has 0 unspecified atom stereocenters. The summed E-state index contributed by atoms with van der Waals surface area (Å²) in [6, 6.07) is 0. The van der Waals surface area contributed by atoms with E-state index in [4.69, 9.17) is 11.6 Å². The molecule has 0 saturated carbocycles. The molecule has 1 aromatic heterocycles. The molecular weight excluding hydrogens is 207 g/mol. The van der Waals surface area contributed by atoms with Crippen molar-refractivity contribution in [1.82, 2.24) is 4.98 Å². The summed E-state index contributed by atoms with van der Waals surface area (Å²) in [5.41, 5.74) is -1.29. The number of rotatable bonds is 2. The minimum Gasteiger partial charge on any atom is -0.298 e.